The van der Waals surface area contributed by atoms with Crippen molar-refractivity contribution in [2.75, 3.05) is 11.9 Å². The molecule has 156 valence electrons. The first-order valence-corrected chi connectivity index (χ1v) is 10.1. The number of nitrogens with one attached hydrogen (secondary N) is 1. The Labute approximate surface area is 180 Å². The van der Waals surface area contributed by atoms with Gasteiger partial charge < -0.3 is 14.2 Å². The number of carbonyl (C=O) groups excluding carboxylic acids is 3. The van der Waals surface area contributed by atoms with Gasteiger partial charge in [-0.05, 0) is 60.3 Å². The molecule has 0 atom stereocenters. The first kappa shape index (κ1) is 20.4. The van der Waals surface area contributed by atoms with Crippen molar-refractivity contribution in [2.45, 2.75) is 6.42 Å². The van der Waals surface area contributed by atoms with Gasteiger partial charge in [0, 0.05) is 30.1 Å². The minimum Gasteiger partial charge on any atom is -0.465 e. The summed E-state index contributed by atoms with van der Waals surface area (Å²) in [5.41, 5.74) is 0.478. The topological polar surface area (TPSA) is 110 Å². The highest BCUT2D eigenvalue weighted by Crippen LogP contribution is 2.30. The van der Waals surface area contributed by atoms with Gasteiger partial charge in [-0.1, -0.05) is 6.08 Å². The van der Waals surface area contributed by atoms with Crippen molar-refractivity contribution in [1.29, 1.82) is 0 Å². The molecule has 2 aromatic heterocycles. The summed E-state index contributed by atoms with van der Waals surface area (Å²) < 4.78 is 10.2. The molecule has 1 aromatic carbocycles. The summed E-state index contributed by atoms with van der Waals surface area (Å²) in [6.07, 6.45) is 6.34. The number of benzene rings is 1. The average Bonchev–Trinajstić information content (AvgIpc) is 3.35. The Balaban J connectivity index is 1.34. The van der Waals surface area contributed by atoms with Gasteiger partial charge >= 0.3 is 5.63 Å². The van der Waals surface area contributed by atoms with E-state index in [-0.39, 0.29) is 23.8 Å². The quantitative estimate of drug-likeness (QED) is 0.459. The van der Waals surface area contributed by atoms with Crippen LogP contribution in [0.1, 0.15) is 12.2 Å². The van der Waals surface area contributed by atoms with Gasteiger partial charge in [0.1, 0.15) is 11.3 Å². The number of hydrogen-bond donors (Lipinski definition) is 1. The van der Waals surface area contributed by atoms with Crippen molar-refractivity contribution in [3.8, 4) is 0 Å². The molecule has 1 aliphatic rings. The van der Waals surface area contributed by atoms with E-state index in [2.05, 4.69) is 5.32 Å². The first-order chi connectivity index (χ1) is 15.0. The second kappa shape index (κ2) is 8.88. The largest absolute Gasteiger partial charge is 0.465 e. The molecular weight excluding hydrogens is 420 g/mol. The lowest BCUT2D eigenvalue weighted by Gasteiger charge is -2.12. The molecule has 0 aliphatic carbocycles. The van der Waals surface area contributed by atoms with Gasteiger partial charge in [-0.25, -0.2) is 4.79 Å². The fraction of sp³-hybridized carbons (Fsp3) is 0.0909. The summed E-state index contributed by atoms with van der Waals surface area (Å²) in [6, 6.07) is 11.3. The van der Waals surface area contributed by atoms with Crippen LogP contribution in [0.4, 0.5) is 10.5 Å². The summed E-state index contributed by atoms with van der Waals surface area (Å²) in [6.45, 7) is -0.0296. The summed E-state index contributed by atoms with van der Waals surface area (Å²) >= 11 is 0.826. The minimum absolute atomic E-state index is 0.0296. The van der Waals surface area contributed by atoms with E-state index in [0.717, 1.165) is 16.7 Å². The van der Waals surface area contributed by atoms with Crippen molar-refractivity contribution in [3.05, 3.63) is 82.0 Å². The molecule has 3 amide bonds. The van der Waals surface area contributed by atoms with E-state index < -0.39 is 16.8 Å². The Morgan fingerprint density at radius 1 is 1.13 bits per heavy atom. The number of imide groups is 1. The van der Waals surface area contributed by atoms with Crippen molar-refractivity contribution in [1.82, 2.24) is 4.90 Å². The number of allylic oxidation sites excluding steroid dienone is 2. The number of furan rings is 1. The van der Waals surface area contributed by atoms with Gasteiger partial charge in [-0.3, -0.25) is 19.3 Å². The van der Waals surface area contributed by atoms with E-state index in [1.165, 1.54) is 12.3 Å². The van der Waals surface area contributed by atoms with Crippen LogP contribution >= 0.6 is 11.8 Å². The highest BCUT2D eigenvalue weighted by Gasteiger charge is 2.34. The molecule has 0 saturated carbocycles. The Hall–Kier alpha value is -3.85. The number of rotatable bonds is 6. The minimum atomic E-state index is -0.452. The molecule has 8 nitrogen and oxygen atoms in total. The SMILES string of the molecule is O=C(CCN1C(=O)SC(=CC=Cc2ccco2)C1=O)Nc1ccc2oc(=O)ccc2c1. The zero-order chi connectivity index (χ0) is 21.8. The van der Waals surface area contributed by atoms with Crippen LogP contribution in [0.25, 0.3) is 17.0 Å². The molecule has 31 heavy (non-hydrogen) atoms. The predicted molar refractivity (Wildman–Crippen MR) is 116 cm³/mol. The maximum absolute atomic E-state index is 12.4. The highest BCUT2D eigenvalue weighted by molar-refractivity contribution is 8.18. The highest BCUT2D eigenvalue weighted by atomic mass is 32.2. The second-order valence-electron chi connectivity index (χ2n) is 6.54. The van der Waals surface area contributed by atoms with Crippen LogP contribution in [-0.4, -0.2) is 28.5 Å². The van der Waals surface area contributed by atoms with E-state index in [1.807, 2.05) is 0 Å². The second-order valence-corrected chi connectivity index (χ2v) is 7.53. The van der Waals surface area contributed by atoms with E-state index in [9.17, 15) is 19.2 Å². The molecule has 1 aliphatic heterocycles. The van der Waals surface area contributed by atoms with Crippen LogP contribution in [0.2, 0.25) is 0 Å². The first-order valence-electron chi connectivity index (χ1n) is 9.29. The van der Waals surface area contributed by atoms with Crippen LogP contribution in [0.15, 0.2) is 79.4 Å². The standard InChI is InChI=1S/C22H16N2O6S/c25-19(23-15-7-8-17-14(13-15)6-9-20(26)30-17)10-11-24-21(27)18(31-22(24)28)5-1-3-16-4-2-12-29-16/h1-9,12-13H,10-11H2,(H,23,25). The molecule has 1 N–H and O–H groups in total. The maximum atomic E-state index is 12.4. The van der Waals surface area contributed by atoms with Crippen molar-refractivity contribution < 1.29 is 23.2 Å². The number of carbonyl (C=O) groups is 3. The number of thioether (sulfide) groups is 1. The Morgan fingerprint density at radius 3 is 2.81 bits per heavy atom. The fourth-order valence-electron chi connectivity index (χ4n) is 2.91. The van der Waals surface area contributed by atoms with Crippen LogP contribution in [0, 0.1) is 0 Å². The van der Waals surface area contributed by atoms with Crippen molar-refractivity contribution >= 4 is 51.5 Å². The Bertz CT molecular complexity index is 1270. The summed E-state index contributed by atoms with van der Waals surface area (Å²) in [7, 11) is 0. The molecule has 1 saturated heterocycles. The molecule has 3 aromatic rings. The molecule has 0 unspecified atom stereocenters. The molecule has 0 spiro atoms. The van der Waals surface area contributed by atoms with Gasteiger partial charge in [0.25, 0.3) is 11.1 Å². The number of hydrogen-bond acceptors (Lipinski definition) is 7. The molecule has 3 heterocycles. The van der Waals surface area contributed by atoms with E-state index >= 15 is 0 Å². The summed E-state index contributed by atoms with van der Waals surface area (Å²) in [5.74, 6) is -0.159. The van der Waals surface area contributed by atoms with Gasteiger partial charge in [0.15, 0.2) is 0 Å². The normalized spacial score (nSPS) is 15.5. The zero-order valence-electron chi connectivity index (χ0n) is 16.1. The molecule has 0 bridgehead atoms. The van der Waals surface area contributed by atoms with Crippen LogP contribution < -0.4 is 10.9 Å². The van der Waals surface area contributed by atoms with Gasteiger partial charge in [-0.15, -0.1) is 0 Å². The maximum Gasteiger partial charge on any atom is 0.336 e. The lowest BCUT2D eigenvalue weighted by molar-refractivity contribution is -0.123. The molecular formula is C22H16N2O6S. The molecule has 9 heteroatoms. The Kier molecular flexibility index (Phi) is 5.85. The van der Waals surface area contributed by atoms with E-state index in [0.29, 0.717) is 22.4 Å². The van der Waals surface area contributed by atoms with Gasteiger partial charge in [-0.2, -0.15) is 0 Å². The van der Waals surface area contributed by atoms with Gasteiger partial charge in [0.05, 0.1) is 11.2 Å². The number of amides is 3. The molecule has 1 fully saturated rings. The fourth-order valence-corrected chi connectivity index (χ4v) is 3.73. The lowest BCUT2D eigenvalue weighted by atomic mass is 10.2. The average molecular weight is 436 g/mol. The van der Waals surface area contributed by atoms with Crippen molar-refractivity contribution in [3.63, 3.8) is 0 Å². The molecule has 0 radical (unpaired) electrons. The van der Waals surface area contributed by atoms with Crippen LogP contribution in [-0.2, 0) is 9.59 Å². The lowest BCUT2D eigenvalue weighted by Crippen LogP contribution is -2.31. The molecule has 4 rings (SSSR count). The van der Waals surface area contributed by atoms with Crippen LogP contribution in [0.3, 0.4) is 0 Å². The third-order valence-electron chi connectivity index (χ3n) is 4.39. The summed E-state index contributed by atoms with van der Waals surface area (Å²) in [4.78, 5) is 49.4. The monoisotopic (exact) mass is 436 g/mol. The third-order valence-corrected chi connectivity index (χ3v) is 5.32. The van der Waals surface area contributed by atoms with Crippen LogP contribution in [0.5, 0.6) is 0 Å². The zero-order valence-corrected chi connectivity index (χ0v) is 16.9. The van der Waals surface area contributed by atoms with E-state index in [4.69, 9.17) is 8.83 Å². The van der Waals surface area contributed by atoms with Gasteiger partial charge in [0.2, 0.25) is 5.91 Å². The Morgan fingerprint density at radius 2 is 2.00 bits per heavy atom. The number of nitrogens with zero attached hydrogens (tertiary/aromatic N) is 1. The van der Waals surface area contributed by atoms with Crippen molar-refractivity contribution in [2.24, 2.45) is 0 Å². The number of fused-ring (bicyclic) bond motifs is 1. The smallest absolute Gasteiger partial charge is 0.336 e. The third kappa shape index (κ3) is 4.84. The summed E-state index contributed by atoms with van der Waals surface area (Å²) in [5, 5.41) is 2.96. The van der Waals surface area contributed by atoms with E-state index in [1.54, 1.807) is 54.6 Å². The predicted octanol–water partition coefficient (Wildman–Crippen LogP) is 4.01. The number of anilines is 1.